The first-order chi connectivity index (χ1) is 17.7. The summed E-state index contributed by atoms with van der Waals surface area (Å²) < 4.78 is 0. The quantitative estimate of drug-likeness (QED) is 0.516. The maximum absolute atomic E-state index is 13.4. The average molecular weight is 511 g/mol. The predicted octanol–water partition coefficient (Wildman–Crippen LogP) is 4.68. The Balaban J connectivity index is 1.29. The van der Waals surface area contributed by atoms with Crippen molar-refractivity contribution < 1.29 is 9.59 Å². The summed E-state index contributed by atoms with van der Waals surface area (Å²) in [7, 11) is 0. The van der Waals surface area contributed by atoms with Crippen LogP contribution >= 0.6 is 0 Å². The zero-order valence-corrected chi connectivity index (χ0v) is 23.8. The topological polar surface area (TPSA) is 55.9 Å². The monoisotopic (exact) mass is 510 g/mol. The summed E-state index contributed by atoms with van der Waals surface area (Å²) in [5.41, 5.74) is 2.08. The fraction of sp³-hybridized carbons (Fsp3) is 0.742. The highest BCUT2D eigenvalue weighted by molar-refractivity contribution is 5.94. The van der Waals surface area contributed by atoms with E-state index in [0.717, 1.165) is 51.0 Å². The minimum atomic E-state index is -0.0558. The van der Waals surface area contributed by atoms with E-state index in [9.17, 15) is 9.59 Å². The maximum atomic E-state index is 13.4. The zero-order valence-electron chi connectivity index (χ0n) is 23.8. The zero-order chi connectivity index (χ0) is 26.4. The van der Waals surface area contributed by atoms with Crippen molar-refractivity contribution in [3.63, 3.8) is 0 Å². The number of amides is 2. The summed E-state index contributed by atoms with van der Waals surface area (Å²) in [6.45, 7) is 14.8. The van der Waals surface area contributed by atoms with E-state index in [1.54, 1.807) is 0 Å². The summed E-state index contributed by atoms with van der Waals surface area (Å²) in [5.74, 6) is 0.749. The van der Waals surface area contributed by atoms with Gasteiger partial charge in [0, 0.05) is 50.9 Å². The molecular formula is C31H50N4O2. The molecule has 1 aromatic carbocycles. The van der Waals surface area contributed by atoms with Crippen molar-refractivity contribution in [2.45, 2.75) is 96.6 Å². The Kier molecular flexibility index (Phi) is 9.68. The van der Waals surface area contributed by atoms with Gasteiger partial charge in [-0.05, 0) is 74.6 Å². The number of hydrogen-bond acceptors (Lipinski definition) is 4. The molecule has 4 rings (SSSR count). The Labute approximate surface area is 225 Å². The molecule has 0 aromatic heterocycles. The van der Waals surface area contributed by atoms with Crippen molar-refractivity contribution in [3.8, 4) is 0 Å². The Hall–Kier alpha value is -1.92. The van der Waals surface area contributed by atoms with Gasteiger partial charge < -0.3 is 15.1 Å². The molecule has 6 heteroatoms. The van der Waals surface area contributed by atoms with Gasteiger partial charge in [0.15, 0.2) is 0 Å². The number of carbonyl (C=O) groups is 2. The van der Waals surface area contributed by atoms with Gasteiger partial charge in [0.05, 0.1) is 6.04 Å². The number of piperazine rings is 1. The number of carbonyl (C=O) groups excluding carboxylic acids is 2. The first kappa shape index (κ1) is 28.1. The Bertz CT molecular complexity index is 879. The molecule has 2 amide bonds. The number of rotatable bonds is 8. The second kappa shape index (κ2) is 12.8. The van der Waals surface area contributed by atoms with Gasteiger partial charge >= 0.3 is 0 Å². The van der Waals surface area contributed by atoms with Gasteiger partial charge in [-0.15, -0.1) is 0 Å². The molecule has 1 aromatic rings. The van der Waals surface area contributed by atoms with Crippen LogP contribution in [0.3, 0.4) is 0 Å². The number of piperidine rings is 1. The molecule has 1 N–H and O–H groups in total. The van der Waals surface area contributed by atoms with Crippen LogP contribution in [0.2, 0.25) is 0 Å². The molecule has 6 nitrogen and oxygen atoms in total. The van der Waals surface area contributed by atoms with Gasteiger partial charge in [-0.2, -0.15) is 0 Å². The van der Waals surface area contributed by atoms with Gasteiger partial charge in [0.25, 0.3) is 5.91 Å². The lowest BCUT2D eigenvalue weighted by molar-refractivity contribution is -0.129. The number of hydrogen-bond donors (Lipinski definition) is 1. The first-order valence-electron chi connectivity index (χ1n) is 14.9. The van der Waals surface area contributed by atoms with E-state index in [1.165, 1.54) is 44.2 Å². The molecule has 3 aliphatic rings. The minimum absolute atomic E-state index is 0.0558. The van der Waals surface area contributed by atoms with Gasteiger partial charge in [-0.3, -0.25) is 14.5 Å². The molecule has 2 atom stereocenters. The van der Waals surface area contributed by atoms with Gasteiger partial charge in [-0.25, -0.2) is 0 Å². The van der Waals surface area contributed by atoms with Crippen LogP contribution in [-0.2, 0) is 10.2 Å². The number of likely N-dealkylation sites (tertiary alicyclic amines) is 1. The molecule has 1 aliphatic carbocycles. The molecule has 37 heavy (non-hydrogen) atoms. The highest BCUT2D eigenvalue weighted by Crippen LogP contribution is 2.31. The summed E-state index contributed by atoms with van der Waals surface area (Å²) >= 11 is 0. The molecule has 3 fully saturated rings. The van der Waals surface area contributed by atoms with E-state index < -0.39 is 0 Å². The van der Waals surface area contributed by atoms with Crippen LogP contribution in [0.1, 0.15) is 95.0 Å². The van der Waals surface area contributed by atoms with Crippen molar-refractivity contribution in [2.75, 3.05) is 45.8 Å². The van der Waals surface area contributed by atoms with Crippen molar-refractivity contribution in [1.82, 2.24) is 20.0 Å². The third-order valence-corrected chi connectivity index (χ3v) is 8.97. The van der Waals surface area contributed by atoms with Crippen LogP contribution in [0.4, 0.5) is 0 Å². The van der Waals surface area contributed by atoms with E-state index in [1.807, 2.05) is 17.0 Å². The third kappa shape index (κ3) is 7.35. The molecule has 0 radical (unpaired) electrons. The summed E-state index contributed by atoms with van der Waals surface area (Å²) in [6.07, 6.45) is 9.70. The van der Waals surface area contributed by atoms with Crippen LogP contribution in [0.5, 0.6) is 0 Å². The Morgan fingerprint density at radius 3 is 2.19 bits per heavy atom. The molecule has 2 saturated heterocycles. The summed E-state index contributed by atoms with van der Waals surface area (Å²) in [6, 6.07) is 8.71. The highest BCUT2D eigenvalue weighted by Gasteiger charge is 2.37. The first-order valence-corrected chi connectivity index (χ1v) is 14.9. The van der Waals surface area contributed by atoms with Crippen LogP contribution in [0.25, 0.3) is 0 Å². The molecule has 0 unspecified atom stereocenters. The van der Waals surface area contributed by atoms with Gasteiger partial charge in [0.1, 0.15) is 0 Å². The normalized spacial score (nSPS) is 23.2. The SMILES string of the molecule is C[C@@H]1CCCCN1CCCNC(=O)[C@@H](C1CCCC1)N1CCN(C(=O)c2ccc(C(C)(C)C)cc2)CC1. The van der Waals surface area contributed by atoms with Crippen molar-refractivity contribution >= 4 is 11.8 Å². The summed E-state index contributed by atoms with van der Waals surface area (Å²) in [5, 5.41) is 3.30. The standard InChI is InChI=1S/C31H50N4O2/c1-24-10-7-8-18-33(24)19-9-17-32-29(36)28(25-11-5-6-12-25)34-20-22-35(23-21-34)30(37)26-13-15-27(16-14-26)31(2,3)4/h13-16,24-25,28H,5-12,17-23H2,1-4H3,(H,32,36)/t24-,28-/m1/s1. The Morgan fingerprint density at radius 1 is 0.919 bits per heavy atom. The van der Waals surface area contributed by atoms with E-state index in [-0.39, 0.29) is 23.3 Å². The highest BCUT2D eigenvalue weighted by atomic mass is 16.2. The van der Waals surface area contributed by atoms with Crippen LogP contribution in [-0.4, -0.2) is 84.4 Å². The lowest BCUT2D eigenvalue weighted by Crippen LogP contribution is -2.58. The smallest absolute Gasteiger partial charge is 0.253 e. The van der Waals surface area contributed by atoms with Crippen LogP contribution in [0, 0.1) is 5.92 Å². The Morgan fingerprint density at radius 2 is 1.57 bits per heavy atom. The molecule has 2 aliphatic heterocycles. The van der Waals surface area contributed by atoms with Crippen molar-refractivity contribution in [3.05, 3.63) is 35.4 Å². The largest absolute Gasteiger partial charge is 0.355 e. The number of benzene rings is 1. The van der Waals surface area contributed by atoms with E-state index >= 15 is 0 Å². The third-order valence-electron chi connectivity index (χ3n) is 8.97. The lowest BCUT2D eigenvalue weighted by Gasteiger charge is -2.41. The van der Waals surface area contributed by atoms with Gasteiger partial charge in [-0.1, -0.05) is 52.2 Å². The van der Waals surface area contributed by atoms with Gasteiger partial charge in [0.2, 0.25) is 5.91 Å². The van der Waals surface area contributed by atoms with Crippen LogP contribution < -0.4 is 5.32 Å². The van der Waals surface area contributed by atoms with Crippen molar-refractivity contribution in [2.24, 2.45) is 5.92 Å². The average Bonchev–Trinajstić information content (AvgIpc) is 3.42. The van der Waals surface area contributed by atoms with Crippen molar-refractivity contribution in [1.29, 1.82) is 0 Å². The molecule has 0 bridgehead atoms. The van der Waals surface area contributed by atoms with E-state index in [0.29, 0.717) is 25.0 Å². The molecular weight excluding hydrogens is 460 g/mol. The van der Waals surface area contributed by atoms with Crippen LogP contribution in [0.15, 0.2) is 24.3 Å². The lowest BCUT2D eigenvalue weighted by atomic mass is 9.86. The molecule has 206 valence electrons. The number of nitrogens with one attached hydrogen (secondary N) is 1. The molecule has 0 spiro atoms. The fourth-order valence-corrected chi connectivity index (χ4v) is 6.54. The molecule has 1 saturated carbocycles. The fourth-order valence-electron chi connectivity index (χ4n) is 6.54. The predicted molar refractivity (Wildman–Crippen MR) is 151 cm³/mol. The molecule has 2 heterocycles. The number of nitrogens with zero attached hydrogens (tertiary/aromatic N) is 3. The minimum Gasteiger partial charge on any atom is -0.355 e. The summed E-state index contributed by atoms with van der Waals surface area (Å²) in [4.78, 5) is 33.5. The van der Waals surface area contributed by atoms with E-state index in [4.69, 9.17) is 0 Å². The second-order valence-electron chi connectivity index (χ2n) is 12.7. The van der Waals surface area contributed by atoms with E-state index in [2.05, 4.69) is 54.9 Å². The second-order valence-corrected chi connectivity index (χ2v) is 12.7. The maximum Gasteiger partial charge on any atom is 0.253 e.